The maximum Gasteiger partial charge on any atom is 0.306 e. The highest BCUT2D eigenvalue weighted by Crippen LogP contribution is 2.70. The number of esters is 1. The molecule has 0 unspecified atom stereocenters. The van der Waals surface area contributed by atoms with E-state index >= 15 is 8.78 Å². The molecule has 5 nitrogen and oxygen atoms in total. The van der Waals surface area contributed by atoms with Gasteiger partial charge < -0.3 is 14.6 Å². The fourth-order valence-corrected chi connectivity index (χ4v) is 9.31. The first kappa shape index (κ1) is 27.4. The van der Waals surface area contributed by atoms with Crippen LogP contribution < -0.4 is 4.74 Å². The van der Waals surface area contributed by atoms with Crippen molar-refractivity contribution in [2.45, 2.75) is 84.1 Å². The summed E-state index contributed by atoms with van der Waals surface area (Å²) in [5, 5.41) is 11.9. The number of aliphatic hydroxyl groups is 1. The molecule has 206 valence electrons. The predicted octanol–water partition coefficient (Wildman–Crippen LogP) is 6.08. The Bertz CT molecular complexity index is 1190. The Morgan fingerprint density at radius 2 is 1.89 bits per heavy atom. The van der Waals surface area contributed by atoms with Crippen molar-refractivity contribution in [2.24, 2.45) is 34.5 Å². The van der Waals surface area contributed by atoms with Crippen LogP contribution in [0.2, 0.25) is 0 Å². The molecule has 0 aromatic heterocycles. The zero-order valence-corrected chi connectivity index (χ0v) is 23.2. The number of carbonyl (C=O) groups is 2. The van der Waals surface area contributed by atoms with E-state index in [2.05, 4.69) is 0 Å². The first-order chi connectivity index (χ1) is 17.9. The van der Waals surface area contributed by atoms with Gasteiger partial charge in [-0.1, -0.05) is 45.9 Å². The quantitative estimate of drug-likeness (QED) is 0.365. The van der Waals surface area contributed by atoms with Crippen molar-refractivity contribution >= 4 is 29.0 Å². The van der Waals surface area contributed by atoms with Crippen LogP contribution >= 0.6 is 12.2 Å². The molecule has 8 heteroatoms. The summed E-state index contributed by atoms with van der Waals surface area (Å²) in [4.78, 5) is 25.0. The largest absolute Gasteiger partial charge is 0.449 e. The maximum atomic E-state index is 15.8. The summed E-state index contributed by atoms with van der Waals surface area (Å²) >= 11 is 5.89. The number of benzene rings is 1. The van der Waals surface area contributed by atoms with Gasteiger partial charge in [0.1, 0.15) is 11.9 Å². The minimum Gasteiger partial charge on any atom is -0.449 e. The second-order valence-corrected chi connectivity index (χ2v) is 12.5. The van der Waals surface area contributed by atoms with Gasteiger partial charge >= 0.3 is 5.97 Å². The monoisotopic (exact) mass is 546 g/mol. The smallest absolute Gasteiger partial charge is 0.306 e. The molecule has 0 heterocycles. The Balaban J connectivity index is 1.60. The van der Waals surface area contributed by atoms with Crippen molar-refractivity contribution in [3.8, 4) is 5.75 Å². The molecule has 0 aliphatic heterocycles. The van der Waals surface area contributed by atoms with Crippen molar-refractivity contribution in [1.82, 2.24) is 0 Å². The predicted molar refractivity (Wildman–Crippen MR) is 142 cm³/mol. The van der Waals surface area contributed by atoms with Crippen LogP contribution in [0.5, 0.6) is 5.75 Å². The van der Waals surface area contributed by atoms with Crippen molar-refractivity contribution in [2.75, 3.05) is 0 Å². The molecule has 1 aromatic rings. The highest BCUT2D eigenvalue weighted by molar-refractivity contribution is 7.80. The van der Waals surface area contributed by atoms with E-state index in [9.17, 15) is 14.7 Å². The lowest BCUT2D eigenvalue weighted by molar-refractivity contribution is -0.190. The SMILES string of the molecule is CCC(=O)O[C@]1(C(=S)Oc2ccccc2)[C@H](C)C[C@H]2[C@@H]3C[C@H](F)C4=C(F)C(=O)CC[C@]4(C)[C@H]3[C@@H](O)C[C@@]21C. The number of hydrogen-bond acceptors (Lipinski definition) is 6. The molecule has 0 spiro atoms. The van der Waals surface area contributed by atoms with Crippen LogP contribution in [0, 0.1) is 34.5 Å². The molecule has 3 fully saturated rings. The fraction of sp³-hybridized carbons (Fsp3) is 0.633. The average molecular weight is 547 g/mol. The summed E-state index contributed by atoms with van der Waals surface area (Å²) in [5.41, 5.74) is -3.20. The average Bonchev–Trinajstić information content (AvgIpc) is 3.08. The van der Waals surface area contributed by atoms with Crippen molar-refractivity contribution in [3.63, 3.8) is 0 Å². The molecule has 38 heavy (non-hydrogen) atoms. The third-order valence-corrected chi connectivity index (χ3v) is 10.7. The molecule has 4 aliphatic carbocycles. The molecular weight excluding hydrogens is 510 g/mol. The van der Waals surface area contributed by atoms with E-state index in [1.807, 2.05) is 32.0 Å². The Kier molecular flexibility index (Phi) is 6.83. The highest BCUT2D eigenvalue weighted by Gasteiger charge is 2.73. The first-order valence-corrected chi connectivity index (χ1v) is 14.1. The molecule has 0 amide bonds. The van der Waals surface area contributed by atoms with E-state index in [-0.39, 0.29) is 54.1 Å². The van der Waals surface area contributed by atoms with Gasteiger partial charge in [-0.05, 0) is 67.8 Å². The van der Waals surface area contributed by atoms with E-state index in [1.165, 1.54) is 0 Å². The Morgan fingerprint density at radius 1 is 1.21 bits per heavy atom. The number of Topliss-reactive ketones (excluding diaryl/α,β-unsaturated/α-hetero) is 1. The van der Waals surface area contributed by atoms with Crippen LogP contribution in [0.3, 0.4) is 0 Å². The van der Waals surface area contributed by atoms with Gasteiger partial charge in [-0.3, -0.25) is 9.59 Å². The van der Waals surface area contributed by atoms with E-state index in [0.29, 0.717) is 18.6 Å². The van der Waals surface area contributed by atoms with Crippen LogP contribution in [0.25, 0.3) is 0 Å². The molecule has 9 atom stereocenters. The second-order valence-electron chi connectivity index (χ2n) is 12.2. The molecule has 1 aromatic carbocycles. The third-order valence-electron chi connectivity index (χ3n) is 10.3. The molecular formula is C30H36F2O5S. The van der Waals surface area contributed by atoms with E-state index in [1.54, 1.807) is 26.0 Å². The number of fused-ring (bicyclic) bond motifs is 5. The zero-order valence-electron chi connectivity index (χ0n) is 22.3. The lowest BCUT2D eigenvalue weighted by Crippen LogP contribution is -2.65. The summed E-state index contributed by atoms with van der Waals surface area (Å²) in [6.07, 6.45) is -1.28. The summed E-state index contributed by atoms with van der Waals surface area (Å²) in [6, 6.07) is 9.05. The number of ether oxygens (including phenoxy) is 2. The third kappa shape index (κ3) is 3.73. The molecule has 0 saturated heterocycles. The maximum absolute atomic E-state index is 15.8. The van der Waals surface area contributed by atoms with Crippen LogP contribution in [0.15, 0.2) is 41.7 Å². The summed E-state index contributed by atoms with van der Waals surface area (Å²) in [6.45, 7) is 7.45. The standard InChI is InChI=1S/C30H36F2O5S/c1-5-23(35)37-30(27(38)36-17-9-7-6-8-10-17)16(2)13-19-18-14-20(31)25-26(32)21(33)11-12-28(25,3)24(18)22(34)15-29(19,30)4/h6-10,16,18-20,22,24,34H,5,11-15H2,1-4H3/t16-,18+,19+,20+,22+,24-,28-,29+,30+/m1/s1. The van der Waals surface area contributed by atoms with Crippen LogP contribution in [-0.4, -0.2) is 39.8 Å². The van der Waals surface area contributed by atoms with Gasteiger partial charge in [-0.2, -0.15) is 0 Å². The number of para-hydroxylation sites is 1. The minimum atomic E-state index is -1.61. The molecule has 1 N–H and O–H groups in total. The fourth-order valence-electron chi connectivity index (χ4n) is 8.73. The molecule has 0 bridgehead atoms. The lowest BCUT2D eigenvalue weighted by Gasteiger charge is -2.61. The number of thiocarbonyl (C=S) groups is 1. The minimum absolute atomic E-state index is 0.000116. The number of carbonyl (C=O) groups excluding carboxylic acids is 2. The summed E-state index contributed by atoms with van der Waals surface area (Å²) in [5.74, 6) is -2.68. The lowest BCUT2D eigenvalue weighted by atomic mass is 9.45. The van der Waals surface area contributed by atoms with Gasteiger partial charge in [0, 0.05) is 35.2 Å². The Hall–Kier alpha value is -2.19. The van der Waals surface area contributed by atoms with E-state index in [4.69, 9.17) is 21.7 Å². The molecule has 0 radical (unpaired) electrons. The van der Waals surface area contributed by atoms with Crippen LogP contribution in [0.1, 0.15) is 66.2 Å². The van der Waals surface area contributed by atoms with Crippen molar-refractivity contribution in [3.05, 3.63) is 41.7 Å². The zero-order chi connectivity index (χ0) is 27.6. The number of alkyl halides is 1. The van der Waals surface area contributed by atoms with Crippen LogP contribution in [-0.2, 0) is 14.3 Å². The number of halogens is 2. The normalized spacial score (nSPS) is 42.1. The number of hydrogen-bond donors (Lipinski definition) is 1. The van der Waals surface area contributed by atoms with Gasteiger partial charge in [-0.25, -0.2) is 8.78 Å². The molecule has 4 aliphatic rings. The summed E-state index contributed by atoms with van der Waals surface area (Å²) in [7, 11) is 0. The van der Waals surface area contributed by atoms with E-state index in [0.717, 1.165) is 0 Å². The van der Waals surface area contributed by atoms with Gasteiger partial charge in [-0.15, -0.1) is 0 Å². The Morgan fingerprint density at radius 3 is 2.55 bits per heavy atom. The Labute approximate surface area is 228 Å². The second kappa shape index (κ2) is 9.47. The van der Waals surface area contributed by atoms with E-state index < -0.39 is 52.2 Å². The van der Waals surface area contributed by atoms with Gasteiger partial charge in [0.15, 0.2) is 17.2 Å². The number of rotatable bonds is 4. The van der Waals surface area contributed by atoms with Crippen LogP contribution in [0.4, 0.5) is 8.78 Å². The summed E-state index contributed by atoms with van der Waals surface area (Å²) < 4.78 is 43.3. The number of allylic oxidation sites excluding steroid dienone is 1. The first-order valence-electron chi connectivity index (χ1n) is 13.6. The van der Waals surface area contributed by atoms with Gasteiger partial charge in [0.25, 0.3) is 0 Å². The number of aliphatic hydroxyl groups excluding tert-OH is 1. The highest BCUT2D eigenvalue weighted by atomic mass is 32.1. The van der Waals surface area contributed by atoms with Crippen molar-refractivity contribution < 1.29 is 33.0 Å². The molecule has 3 saturated carbocycles. The van der Waals surface area contributed by atoms with Gasteiger partial charge in [0.2, 0.25) is 5.05 Å². The molecule has 5 rings (SSSR count). The topological polar surface area (TPSA) is 72.8 Å². The number of ketones is 1. The van der Waals surface area contributed by atoms with Crippen molar-refractivity contribution in [1.29, 1.82) is 0 Å². The van der Waals surface area contributed by atoms with Gasteiger partial charge in [0.05, 0.1) is 6.10 Å².